The minimum absolute atomic E-state index is 0.00847. The summed E-state index contributed by atoms with van der Waals surface area (Å²) in [5.41, 5.74) is 0.858. The smallest absolute Gasteiger partial charge is 0.290 e. The predicted molar refractivity (Wildman–Crippen MR) is 134 cm³/mol. The zero-order valence-corrected chi connectivity index (χ0v) is 21.0. The number of amides is 1. The lowest BCUT2D eigenvalue weighted by molar-refractivity contribution is -0.129. The molecule has 1 aliphatic heterocycles. The number of aliphatic hydroxyl groups is 1. The highest BCUT2D eigenvalue weighted by Gasteiger charge is 2.45. The van der Waals surface area contributed by atoms with Crippen LogP contribution in [0.5, 0.6) is 17.2 Å². The molecule has 1 aromatic heterocycles. The molecule has 36 heavy (non-hydrogen) atoms. The number of carbonyl (C=O) groups is 2. The van der Waals surface area contributed by atoms with E-state index in [1.54, 1.807) is 42.5 Å². The molecular weight excluding hydrogens is 464 g/mol. The van der Waals surface area contributed by atoms with Crippen LogP contribution in [-0.4, -0.2) is 75.1 Å². The summed E-state index contributed by atoms with van der Waals surface area (Å²) in [5, 5.41) is 11.7. The van der Waals surface area contributed by atoms with Crippen LogP contribution in [0.1, 0.15) is 28.6 Å². The second-order valence-electron chi connectivity index (χ2n) is 8.75. The van der Waals surface area contributed by atoms with Gasteiger partial charge in [-0.15, -0.1) is 0 Å². The van der Waals surface area contributed by atoms with Crippen LogP contribution in [0.2, 0.25) is 0 Å². The van der Waals surface area contributed by atoms with E-state index >= 15 is 0 Å². The molecule has 9 heteroatoms. The number of methoxy groups -OCH3 is 3. The molecule has 2 aromatic carbocycles. The van der Waals surface area contributed by atoms with Gasteiger partial charge in [0.2, 0.25) is 5.78 Å². The average Bonchev–Trinajstić information content (AvgIpc) is 3.42. The third-order valence-corrected chi connectivity index (χ3v) is 6.24. The van der Waals surface area contributed by atoms with Gasteiger partial charge in [-0.3, -0.25) is 9.59 Å². The number of hydrogen-bond donors (Lipinski definition) is 1. The predicted octanol–water partition coefficient (Wildman–Crippen LogP) is 3.99. The molecule has 0 fully saturated rings. The zero-order valence-electron chi connectivity index (χ0n) is 21.0. The molecule has 1 aliphatic rings. The standard InChI is InChI=1S/C27H30N2O7/c1-28(2)12-7-13-29-23(18-15-17(33-3)10-11-19(18)34-4)22(25(31)27(29)32)24(30)21-14-16-8-6-9-20(35-5)26(16)36-21/h6,8-11,14-15,23,31H,7,12-13H2,1-5H3. The second kappa shape index (κ2) is 10.3. The van der Waals surface area contributed by atoms with Crippen molar-refractivity contribution in [3.63, 3.8) is 0 Å². The van der Waals surface area contributed by atoms with Crippen molar-refractivity contribution in [3.8, 4) is 17.2 Å². The van der Waals surface area contributed by atoms with Gasteiger partial charge in [0.1, 0.15) is 11.5 Å². The van der Waals surface area contributed by atoms with E-state index in [9.17, 15) is 14.7 Å². The summed E-state index contributed by atoms with van der Waals surface area (Å²) in [6.45, 7) is 1.04. The number of ether oxygens (including phenoxy) is 3. The molecule has 0 saturated carbocycles. The number of carbonyl (C=O) groups excluding carboxylic acids is 2. The first-order chi connectivity index (χ1) is 17.3. The van der Waals surface area contributed by atoms with Crippen molar-refractivity contribution in [1.29, 1.82) is 0 Å². The fourth-order valence-electron chi connectivity index (χ4n) is 4.49. The molecule has 0 radical (unpaired) electrons. The van der Waals surface area contributed by atoms with Crippen LogP contribution in [-0.2, 0) is 4.79 Å². The van der Waals surface area contributed by atoms with E-state index < -0.39 is 23.5 Å². The molecule has 9 nitrogen and oxygen atoms in total. The molecule has 0 bridgehead atoms. The largest absolute Gasteiger partial charge is 0.503 e. The zero-order chi connectivity index (χ0) is 26.0. The normalized spacial score (nSPS) is 15.8. The van der Waals surface area contributed by atoms with Gasteiger partial charge < -0.3 is 33.5 Å². The highest BCUT2D eigenvalue weighted by atomic mass is 16.5. The van der Waals surface area contributed by atoms with Gasteiger partial charge in [0, 0.05) is 17.5 Å². The summed E-state index contributed by atoms with van der Waals surface area (Å²) in [4.78, 5) is 30.6. The molecule has 0 aliphatic carbocycles. The Hall–Kier alpha value is -3.98. The van der Waals surface area contributed by atoms with E-state index in [0.29, 0.717) is 46.7 Å². The Morgan fingerprint density at radius 1 is 1.06 bits per heavy atom. The van der Waals surface area contributed by atoms with Gasteiger partial charge in [-0.1, -0.05) is 12.1 Å². The van der Waals surface area contributed by atoms with Gasteiger partial charge in [0.05, 0.1) is 32.9 Å². The summed E-state index contributed by atoms with van der Waals surface area (Å²) < 4.78 is 22.2. The number of para-hydroxylation sites is 1. The van der Waals surface area contributed by atoms with Crippen LogP contribution in [0.15, 0.2) is 58.2 Å². The van der Waals surface area contributed by atoms with Gasteiger partial charge in [-0.2, -0.15) is 0 Å². The third kappa shape index (κ3) is 4.49. The molecule has 4 rings (SSSR count). The molecule has 190 valence electrons. The SMILES string of the molecule is COc1ccc(OC)c(C2C(C(=O)c3cc4cccc(OC)c4o3)=C(O)C(=O)N2CCCN(C)C)c1. The molecule has 1 unspecified atom stereocenters. The Morgan fingerprint density at radius 3 is 2.47 bits per heavy atom. The van der Waals surface area contributed by atoms with E-state index in [-0.39, 0.29) is 11.3 Å². The van der Waals surface area contributed by atoms with Crippen LogP contribution in [0.3, 0.4) is 0 Å². The van der Waals surface area contributed by atoms with Crippen molar-refractivity contribution < 1.29 is 33.3 Å². The van der Waals surface area contributed by atoms with Crippen LogP contribution >= 0.6 is 0 Å². The lowest BCUT2D eigenvalue weighted by Crippen LogP contribution is -2.33. The van der Waals surface area contributed by atoms with E-state index in [4.69, 9.17) is 18.6 Å². The molecular formula is C27H30N2O7. The lowest BCUT2D eigenvalue weighted by atomic mass is 9.94. The van der Waals surface area contributed by atoms with Crippen LogP contribution in [0.4, 0.5) is 0 Å². The van der Waals surface area contributed by atoms with Gasteiger partial charge in [-0.25, -0.2) is 0 Å². The van der Waals surface area contributed by atoms with Crippen LogP contribution in [0, 0.1) is 0 Å². The first kappa shape index (κ1) is 25.1. The van der Waals surface area contributed by atoms with E-state index in [1.165, 1.54) is 26.2 Å². The van der Waals surface area contributed by atoms with Crippen LogP contribution < -0.4 is 14.2 Å². The monoisotopic (exact) mass is 494 g/mol. The van der Waals surface area contributed by atoms with Crippen molar-refractivity contribution in [2.75, 3.05) is 48.5 Å². The number of hydrogen-bond acceptors (Lipinski definition) is 8. The molecule has 0 saturated heterocycles. The molecule has 3 aromatic rings. The molecule has 2 heterocycles. The molecule has 1 amide bonds. The van der Waals surface area contributed by atoms with Gasteiger partial charge >= 0.3 is 0 Å². The lowest BCUT2D eigenvalue weighted by Gasteiger charge is -2.28. The second-order valence-corrected chi connectivity index (χ2v) is 8.75. The maximum absolute atomic E-state index is 13.8. The molecule has 0 spiro atoms. The summed E-state index contributed by atoms with van der Waals surface area (Å²) >= 11 is 0. The van der Waals surface area contributed by atoms with E-state index in [0.717, 1.165) is 6.54 Å². The summed E-state index contributed by atoms with van der Waals surface area (Å²) in [6.07, 6.45) is 0.637. The number of furan rings is 1. The number of fused-ring (bicyclic) bond motifs is 1. The van der Waals surface area contributed by atoms with Crippen molar-refractivity contribution in [3.05, 3.63) is 65.1 Å². The topological polar surface area (TPSA) is 102 Å². The Kier molecular flexibility index (Phi) is 7.21. The van der Waals surface area contributed by atoms with Gasteiger partial charge in [-0.05, 0) is 57.4 Å². The number of ketones is 1. The minimum atomic E-state index is -0.896. The fraction of sp³-hybridized carbons (Fsp3) is 0.333. The first-order valence-electron chi connectivity index (χ1n) is 11.5. The Labute approximate surface area is 209 Å². The molecule has 1 atom stereocenters. The number of nitrogens with zero attached hydrogens (tertiary/aromatic N) is 2. The van der Waals surface area contributed by atoms with Crippen LogP contribution in [0.25, 0.3) is 11.0 Å². The van der Waals surface area contributed by atoms with Crippen molar-refractivity contribution in [2.45, 2.75) is 12.5 Å². The average molecular weight is 495 g/mol. The Balaban J connectivity index is 1.83. The van der Waals surface area contributed by atoms with Gasteiger partial charge in [0.15, 0.2) is 22.9 Å². The molecule has 1 N–H and O–H groups in total. The highest BCUT2D eigenvalue weighted by molar-refractivity contribution is 6.16. The van der Waals surface area contributed by atoms with E-state index in [1.807, 2.05) is 19.0 Å². The fourth-order valence-corrected chi connectivity index (χ4v) is 4.49. The van der Waals surface area contributed by atoms with Crippen molar-refractivity contribution >= 4 is 22.7 Å². The number of aliphatic hydroxyl groups excluding tert-OH is 1. The number of benzene rings is 2. The highest BCUT2D eigenvalue weighted by Crippen LogP contribution is 2.44. The Bertz CT molecular complexity index is 1320. The first-order valence-corrected chi connectivity index (χ1v) is 11.5. The maximum Gasteiger partial charge on any atom is 0.290 e. The third-order valence-electron chi connectivity index (χ3n) is 6.24. The summed E-state index contributed by atoms with van der Waals surface area (Å²) in [5.74, 6) is -0.373. The minimum Gasteiger partial charge on any atom is -0.503 e. The van der Waals surface area contributed by atoms with Crippen molar-refractivity contribution in [1.82, 2.24) is 9.80 Å². The Morgan fingerprint density at radius 2 is 1.81 bits per heavy atom. The maximum atomic E-state index is 13.8. The number of Topliss-reactive ketones (excluding diaryl/α,β-unsaturated/α-hetero) is 1. The van der Waals surface area contributed by atoms with Gasteiger partial charge in [0.25, 0.3) is 5.91 Å². The van der Waals surface area contributed by atoms with E-state index in [2.05, 4.69) is 0 Å². The quantitative estimate of drug-likeness (QED) is 0.422. The summed E-state index contributed by atoms with van der Waals surface area (Å²) in [6, 6.07) is 11.1. The van der Waals surface area contributed by atoms with Crippen molar-refractivity contribution in [2.24, 2.45) is 0 Å². The summed E-state index contributed by atoms with van der Waals surface area (Å²) in [7, 11) is 8.43. The number of rotatable bonds is 10.